The van der Waals surface area contributed by atoms with Crippen LogP contribution >= 0.6 is 22.9 Å². The number of nitro groups is 1. The van der Waals surface area contributed by atoms with Gasteiger partial charge in [0, 0.05) is 6.61 Å². The van der Waals surface area contributed by atoms with Crippen LogP contribution in [0.2, 0.25) is 5.02 Å². The van der Waals surface area contributed by atoms with Gasteiger partial charge in [0.2, 0.25) is 0 Å². The van der Waals surface area contributed by atoms with E-state index in [1.54, 1.807) is 6.07 Å². The Balaban J connectivity index is 1.74. The van der Waals surface area contributed by atoms with Crippen LogP contribution in [0.15, 0.2) is 28.7 Å². The predicted molar refractivity (Wildman–Crippen MR) is 105 cm³/mol. The van der Waals surface area contributed by atoms with Crippen LogP contribution < -0.4 is 4.90 Å². The highest BCUT2D eigenvalue weighted by Crippen LogP contribution is 2.36. The maximum absolute atomic E-state index is 13.1. The van der Waals surface area contributed by atoms with Crippen molar-refractivity contribution in [2.24, 2.45) is 0 Å². The van der Waals surface area contributed by atoms with Crippen molar-refractivity contribution in [3.63, 3.8) is 0 Å². The fourth-order valence-electron chi connectivity index (χ4n) is 3.12. The lowest BCUT2D eigenvalue weighted by atomic mass is 10.2. The van der Waals surface area contributed by atoms with Gasteiger partial charge in [-0.25, -0.2) is 4.98 Å². The number of carbonyl (C=O) groups is 1. The Labute approximate surface area is 168 Å². The van der Waals surface area contributed by atoms with E-state index in [9.17, 15) is 14.9 Å². The van der Waals surface area contributed by atoms with E-state index in [-0.39, 0.29) is 18.4 Å². The van der Waals surface area contributed by atoms with Gasteiger partial charge in [0.1, 0.15) is 4.92 Å². The summed E-state index contributed by atoms with van der Waals surface area (Å²) in [6.07, 6.45) is 1.62. The van der Waals surface area contributed by atoms with E-state index in [0.717, 1.165) is 34.7 Å². The fourth-order valence-corrected chi connectivity index (χ4v) is 4.44. The highest BCUT2D eigenvalue weighted by Gasteiger charge is 2.30. The fraction of sp³-hybridized carbons (Fsp3) is 0.333. The zero-order valence-corrected chi connectivity index (χ0v) is 16.5. The average molecular weight is 422 g/mol. The lowest BCUT2D eigenvalue weighted by molar-refractivity contribution is -0.402. The molecule has 0 saturated carbocycles. The minimum atomic E-state index is -0.679. The van der Waals surface area contributed by atoms with Crippen LogP contribution in [0.25, 0.3) is 10.2 Å². The second-order valence-electron chi connectivity index (χ2n) is 6.48. The molecular formula is C18H16ClN3O5S. The number of anilines is 1. The summed E-state index contributed by atoms with van der Waals surface area (Å²) in [6.45, 7) is 2.85. The monoisotopic (exact) mass is 421 g/mol. The SMILES string of the molecule is Cc1ccc(Cl)c2sc(N(CC3CCCO3)C(=O)c3ccc([N+](=O)[O-])o3)nc12. The molecule has 10 heteroatoms. The number of aromatic nitrogens is 1. The number of hydrogen-bond acceptors (Lipinski definition) is 7. The van der Waals surface area contributed by atoms with Crippen LogP contribution in [0, 0.1) is 17.0 Å². The molecule has 4 rings (SSSR count). The Hall–Kier alpha value is -2.49. The molecule has 1 atom stereocenters. The third-order valence-electron chi connectivity index (χ3n) is 4.55. The van der Waals surface area contributed by atoms with E-state index in [2.05, 4.69) is 4.98 Å². The van der Waals surface area contributed by atoms with Gasteiger partial charge in [0.05, 0.1) is 34.0 Å². The van der Waals surface area contributed by atoms with Crippen molar-refractivity contribution < 1.29 is 18.9 Å². The van der Waals surface area contributed by atoms with Crippen molar-refractivity contribution >= 4 is 50.1 Å². The first-order chi connectivity index (χ1) is 13.4. The maximum atomic E-state index is 13.1. The number of rotatable bonds is 5. The first kappa shape index (κ1) is 18.9. The number of halogens is 1. The summed E-state index contributed by atoms with van der Waals surface area (Å²) in [5.74, 6) is -1.10. The number of aryl methyl sites for hydroxylation is 1. The second kappa shape index (κ2) is 7.50. The van der Waals surface area contributed by atoms with Crippen LogP contribution in [0.3, 0.4) is 0 Å². The van der Waals surface area contributed by atoms with Gasteiger partial charge in [-0.3, -0.25) is 19.8 Å². The van der Waals surface area contributed by atoms with Crippen molar-refractivity contribution in [3.8, 4) is 0 Å². The van der Waals surface area contributed by atoms with Crippen molar-refractivity contribution in [1.29, 1.82) is 0 Å². The summed E-state index contributed by atoms with van der Waals surface area (Å²) in [5, 5.41) is 11.9. The molecule has 0 bridgehead atoms. The topological polar surface area (TPSA) is 98.7 Å². The summed E-state index contributed by atoms with van der Waals surface area (Å²) in [4.78, 5) is 29.4. The summed E-state index contributed by atoms with van der Waals surface area (Å²) < 4.78 is 11.6. The van der Waals surface area contributed by atoms with Crippen molar-refractivity contribution in [2.45, 2.75) is 25.9 Å². The standard InChI is InChI=1S/C18H16ClN3O5S/c1-10-4-5-12(19)16-15(10)20-18(28-16)21(9-11-3-2-8-26-11)17(23)13-6-7-14(27-13)22(24)25/h4-7,11H,2-3,8-9H2,1H3. The molecule has 1 fully saturated rings. The Morgan fingerprint density at radius 3 is 2.89 bits per heavy atom. The van der Waals surface area contributed by atoms with Gasteiger partial charge in [0.15, 0.2) is 10.9 Å². The Morgan fingerprint density at radius 1 is 1.43 bits per heavy atom. The smallest absolute Gasteiger partial charge is 0.395 e. The van der Waals surface area contributed by atoms with Gasteiger partial charge in [-0.15, -0.1) is 0 Å². The Morgan fingerprint density at radius 2 is 2.25 bits per heavy atom. The highest BCUT2D eigenvalue weighted by atomic mass is 35.5. The number of ether oxygens (including phenoxy) is 1. The number of benzene rings is 1. The zero-order chi connectivity index (χ0) is 19.8. The molecule has 1 unspecified atom stereocenters. The summed E-state index contributed by atoms with van der Waals surface area (Å²) >= 11 is 7.60. The second-order valence-corrected chi connectivity index (χ2v) is 7.87. The molecule has 1 aromatic carbocycles. The number of nitrogens with zero attached hydrogens (tertiary/aromatic N) is 3. The molecular weight excluding hydrogens is 406 g/mol. The first-order valence-electron chi connectivity index (χ1n) is 8.67. The summed E-state index contributed by atoms with van der Waals surface area (Å²) in [7, 11) is 0. The number of thiazole rings is 1. The molecule has 1 amide bonds. The maximum Gasteiger partial charge on any atom is 0.433 e. The van der Waals surface area contributed by atoms with E-state index in [0.29, 0.717) is 16.8 Å². The van der Waals surface area contributed by atoms with E-state index in [1.807, 2.05) is 13.0 Å². The van der Waals surface area contributed by atoms with Crippen molar-refractivity contribution in [1.82, 2.24) is 4.98 Å². The number of furan rings is 1. The summed E-state index contributed by atoms with van der Waals surface area (Å²) in [5.41, 5.74) is 1.67. The lowest BCUT2D eigenvalue weighted by Gasteiger charge is -2.21. The van der Waals surface area contributed by atoms with Gasteiger partial charge < -0.3 is 9.15 Å². The average Bonchev–Trinajstić information content (AvgIpc) is 3.42. The molecule has 2 aromatic heterocycles. The molecule has 0 N–H and O–H groups in total. The number of fused-ring (bicyclic) bond motifs is 1. The van der Waals surface area contributed by atoms with E-state index >= 15 is 0 Å². The van der Waals surface area contributed by atoms with Crippen LogP contribution in [0.5, 0.6) is 0 Å². The minimum Gasteiger partial charge on any atom is -0.395 e. The molecule has 3 aromatic rings. The highest BCUT2D eigenvalue weighted by molar-refractivity contribution is 7.23. The number of hydrogen-bond donors (Lipinski definition) is 0. The van der Waals surface area contributed by atoms with Gasteiger partial charge in [0.25, 0.3) is 5.91 Å². The molecule has 8 nitrogen and oxygen atoms in total. The van der Waals surface area contributed by atoms with Crippen LogP contribution in [-0.4, -0.2) is 35.1 Å². The van der Waals surface area contributed by atoms with E-state index in [4.69, 9.17) is 20.8 Å². The quantitative estimate of drug-likeness (QED) is 0.441. The lowest BCUT2D eigenvalue weighted by Crippen LogP contribution is -2.37. The van der Waals surface area contributed by atoms with Crippen molar-refractivity contribution in [3.05, 3.63) is 50.7 Å². The van der Waals surface area contributed by atoms with E-state index < -0.39 is 16.7 Å². The largest absolute Gasteiger partial charge is 0.433 e. The molecule has 1 aliphatic rings. The Bertz CT molecular complexity index is 1020. The van der Waals surface area contributed by atoms with Gasteiger partial charge in [-0.2, -0.15) is 0 Å². The van der Waals surface area contributed by atoms with Crippen LogP contribution in [-0.2, 0) is 4.74 Å². The number of carbonyl (C=O) groups excluding carboxylic acids is 1. The molecule has 0 spiro atoms. The minimum absolute atomic E-state index is 0.119. The van der Waals surface area contributed by atoms with Gasteiger partial charge in [-0.05, 0) is 37.5 Å². The van der Waals surface area contributed by atoms with Crippen LogP contribution in [0.1, 0.15) is 29.0 Å². The first-order valence-corrected chi connectivity index (χ1v) is 9.87. The summed E-state index contributed by atoms with van der Waals surface area (Å²) in [6, 6.07) is 6.13. The Kier molecular flexibility index (Phi) is 5.05. The van der Waals surface area contributed by atoms with Gasteiger partial charge >= 0.3 is 5.88 Å². The molecule has 1 saturated heterocycles. The van der Waals surface area contributed by atoms with E-state index in [1.165, 1.54) is 22.3 Å². The number of amides is 1. The molecule has 0 radical (unpaired) electrons. The molecule has 0 aliphatic carbocycles. The third-order valence-corrected chi connectivity index (χ3v) is 6.09. The molecule has 1 aliphatic heterocycles. The molecule has 3 heterocycles. The zero-order valence-electron chi connectivity index (χ0n) is 14.9. The third kappa shape index (κ3) is 3.48. The predicted octanol–water partition coefficient (Wildman–Crippen LogP) is 4.59. The molecule has 146 valence electrons. The van der Waals surface area contributed by atoms with Crippen LogP contribution in [0.4, 0.5) is 11.0 Å². The van der Waals surface area contributed by atoms with Crippen molar-refractivity contribution in [2.75, 3.05) is 18.1 Å². The molecule has 28 heavy (non-hydrogen) atoms. The van der Waals surface area contributed by atoms with Gasteiger partial charge in [-0.1, -0.05) is 29.0 Å². The normalized spacial score (nSPS) is 16.6.